The number of amides is 1. The molecule has 0 spiro atoms. The average Bonchev–Trinajstić information content (AvgIpc) is 2.72. The molecule has 1 amide bonds. The summed E-state index contributed by atoms with van der Waals surface area (Å²) in [5, 5.41) is 1.93. The summed E-state index contributed by atoms with van der Waals surface area (Å²) in [5.74, 6) is 0. The van der Waals surface area contributed by atoms with Crippen molar-refractivity contribution in [2.75, 3.05) is 0 Å². The minimum Gasteiger partial charge on any atom is -0.444 e. The van der Waals surface area contributed by atoms with Crippen LogP contribution in [-0.2, 0) is 17.8 Å². The highest BCUT2D eigenvalue weighted by atomic mass is 32.1. The van der Waals surface area contributed by atoms with E-state index in [0.717, 1.165) is 17.4 Å². The molecule has 5 heteroatoms. The molecular formula is C12H15NO3S. The molecule has 4 nitrogen and oxygen atoms in total. The van der Waals surface area contributed by atoms with Crippen molar-refractivity contribution in [1.82, 2.24) is 4.90 Å². The lowest BCUT2D eigenvalue weighted by Gasteiger charge is -2.24. The predicted molar refractivity (Wildman–Crippen MR) is 65.2 cm³/mol. The van der Waals surface area contributed by atoms with Crippen LogP contribution in [0.5, 0.6) is 0 Å². The Labute approximate surface area is 104 Å². The Morgan fingerprint density at radius 1 is 1.47 bits per heavy atom. The van der Waals surface area contributed by atoms with Gasteiger partial charge in [-0.15, -0.1) is 11.3 Å². The van der Waals surface area contributed by atoms with E-state index in [-0.39, 0.29) is 6.09 Å². The topological polar surface area (TPSA) is 46.6 Å². The second-order valence-corrected chi connectivity index (χ2v) is 5.97. The molecule has 2 rings (SSSR count). The molecule has 1 aliphatic heterocycles. The number of carbonyl (C=O) groups excluding carboxylic acids is 2. The van der Waals surface area contributed by atoms with Gasteiger partial charge in [-0.1, -0.05) is 0 Å². The lowest BCUT2D eigenvalue weighted by molar-refractivity contribution is 0.0241. The van der Waals surface area contributed by atoms with Crippen molar-refractivity contribution in [2.24, 2.45) is 0 Å². The Kier molecular flexibility index (Phi) is 2.95. The van der Waals surface area contributed by atoms with Gasteiger partial charge < -0.3 is 4.74 Å². The fraction of sp³-hybridized carbons (Fsp3) is 0.500. The highest BCUT2D eigenvalue weighted by molar-refractivity contribution is 7.12. The minimum atomic E-state index is -0.486. The smallest absolute Gasteiger partial charge is 0.410 e. The fourth-order valence-electron chi connectivity index (χ4n) is 1.75. The van der Waals surface area contributed by atoms with Crippen LogP contribution in [0.2, 0.25) is 0 Å². The molecule has 0 saturated carbocycles. The maximum atomic E-state index is 11.8. The summed E-state index contributed by atoms with van der Waals surface area (Å²) >= 11 is 1.43. The monoisotopic (exact) mass is 253 g/mol. The Morgan fingerprint density at radius 3 is 2.76 bits per heavy atom. The Morgan fingerprint density at radius 2 is 2.18 bits per heavy atom. The molecule has 0 fully saturated rings. The molecule has 0 radical (unpaired) electrons. The van der Waals surface area contributed by atoms with Crippen LogP contribution in [0.1, 0.15) is 41.6 Å². The Hall–Kier alpha value is -1.36. The van der Waals surface area contributed by atoms with E-state index in [1.54, 1.807) is 4.90 Å². The Bertz CT molecular complexity index is 459. The minimum absolute atomic E-state index is 0.324. The molecule has 92 valence electrons. The first-order valence-corrected chi connectivity index (χ1v) is 6.31. The van der Waals surface area contributed by atoms with Crippen LogP contribution in [0.25, 0.3) is 0 Å². The maximum Gasteiger partial charge on any atom is 0.410 e. The SMILES string of the molecule is CC(C)(C)OC(=O)N1Cc2csc(C=O)c2C1. The van der Waals surface area contributed by atoms with Crippen molar-refractivity contribution >= 4 is 23.7 Å². The van der Waals surface area contributed by atoms with Crippen molar-refractivity contribution in [1.29, 1.82) is 0 Å². The van der Waals surface area contributed by atoms with Gasteiger partial charge in [0.15, 0.2) is 6.29 Å². The van der Waals surface area contributed by atoms with E-state index >= 15 is 0 Å². The molecule has 2 heterocycles. The number of hydrogen-bond donors (Lipinski definition) is 0. The van der Waals surface area contributed by atoms with E-state index in [9.17, 15) is 9.59 Å². The normalized spacial score (nSPS) is 14.6. The number of hydrogen-bond acceptors (Lipinski definition) is 4. The molecule has 1 aromatic heterocycles. The third-order valence-electron chi connectivity index (χ3n) is 2.48. The van der Waals surface area contributed by atoms with E-state index < -0.39 is 5.60 Å². The third kappa shape index (κ3) is 2.49. The van der Waals surface area contributed by atoms with Crippen LogP contribution < -0.4 is 0 Å². The molecular weight excluding hydrogens is 238 g/mol. The van der Waals surface area contributed by atoms with Crippen LogP contribution >= 0.6 is 11.3 Å². The number of aldehydes is 1. The summed E-state index contributed by atoms with van der Waals surface area (Å²) in [6.45, 7) is 6.53. The molecule has 1 aromatic rings. The average molecular weight is 253 g/mol. The van der Waals surface area contributed by atoms with Gasteiger partial charge in [0, 0.05) is 0 Å². The quantitative estimate of drug-likeness (QED) is 0.723. The molecule has 0 saturated heterocycles. The highest BCUT2D eigenvalue weighted by Gasteiger charge is 2.29. The van der Waals surface area contributed by atoms with Crippen molar-refractivity contribution < 1.29 is 14.3 Å². The zero-order chi connectivity index (χ0) is 12.6. The summed E-state index contributed by atoms with van der Waals surface area (Å²) in [6.07, 6.45) is 0.526. The van der Waals surface area contributed by atoms with Gasteiger partial charge in [0.2, 0.25) is 0 Å². The van der Waals surface area contributed by atoms with Crippen molar-refractivity contribution in [3.8, 4) is 0 Å². The first-order chi connectivity index (χ1) is 7.90. The molecule has 1 aliphatic rings. The van der Waals surface area contributed by atoms with Crippen molar-refractivity contribution in [3.63, 3.8) is 0 Å². The number of rotatable bonds is 1. The fourth-order valence-corrected chi connectivity index (χ4v) is 2.63. The predicted octanol–water partition coefficient (Wildman–Crippen LogP) is 2.81. The number of ether oxygens (including phenoxy) is 1. The highest BCUT2D eigenvalue weighted by Crippen LogP contribution is 2.30. The van der Waals surface area contributed by atoms with E-state index in [2.05, 4.69) is 0 Å². The van der Waals surface area contributed by atoms with E-state index in [4.69, 9.17) is 4.74 Å². The molecule has 0 N–H and O–H groups in total. The molecule has 0 atom stereocenters. The van der Waals surface area contributed by atoms with Gasteiger partial charge in [0.1, 0.15) is 5.60 Å². The van der Waals surface area contributed by atoms with Gasteiger partial charge in [-0.25, -0.2) is 4.79 Å². The molecule has 17 heavy (non-hydrogen) atoms. The second kappa shape index (κ2) is 4.14. The lowest BCUT2D eigenvalue weighted by Crippen LogP contribution is -2.33. The molecule has 0 bridgehead atoms. The summed E-state index contributed by atoms with van der Waals surface area (Å²) in [5.41, 5.74) is 1.54. The summed E-state index contributed by atoms with van der Waals surface area (Å²) in [7, 11) is 0. The summed E-state index contributed by atoms with van der Waals surface area (Å²) in [6, 6.07) is 0. The van der Waals surface area contributed by atoms with Gasteiger partial charge in [-0.05, 0) is 37.3 Å². The molecule has 0 aromatic carbocycles. The first kappa shape index (κ1) is 12.1. The number of nitrogens with zero attached hydrogens (tertiary/aromatic N) is 1. The van der Waals surface area contributed by atoms with Crippen LogP contribution in [0.15, 0.2) is 5.38 Å². The van der Waals surface area contributed by atoms with Gasteiger partial charge in [0.25, 0.3) is 0 Å². The second-order valence-electron chi connectivity index (χ2n) is 5.06. The van der Waals surface area contributed by atoms with Crippen LogP contribution in [-0.4, -0.2) is 22.9 Å². The van der Waals surface area contributed by atoms with Crippen LogP contribution in [0.4, 0.5) is 4.79 Å². The van der Waals surface area contributed by atoms with Gasteiger partial charge >= 0.3 is 6.09 Å². The van der Waals surface area contributed by atoms with Crippen LogP contribution in [0, 0.1) is 0 Å². The van der Waals surface area contributed by atoms with Crippen molar-refractivity contribution in [2.45, 2.75) is 39.5 Å². The number of carbonyl (C=O) groups is 2. The molecule has 0 unspecified atom stereocenters. The van der Waals surface area contributed by atoms with Crippen LogP contribution in [0.3, 0.4) is 0 Å². The maximum absolute atomic E-state index is 11.8. The van der Waals surface area contributed by atoms with E-state index in [1.807, 2.05) is 26.2 Å². The third-order valence-corrected chi connectivity index (χ3v) is 3.48. The first-order valence-electron chi connectivity index (χ1n) is 5.43. The number of thiophene rings is 1. The number of fused-ring (bicyclic) bond motifs is 1. The van der Waals surface area contributed by atoms with E-state index in [0.29, 0.717) is 18.0 Å². The van der Waals surface area contributed by atoms with Gasteiger partial charge in [-0.3, -0.25) is 9.69 Å². The standard InChI is InChI=1S/C12H15NO3S/c1-12(2,3)16-11(15)13-4-8-7-17-10(6-14)9(8)5-13/h6-7H,4-5H2,1-3H3. The van der Waals surface area contributed by atoms with Gasteiger partial charge in [0.05, 0.1) is 18.0 Å². The van der Waals surface area contributed by atoms with Gasteiger partial charge in [-0.2, -0.15) is 0 Å². The summed E-state index contributed by atoms with van der Waals surface area (Å²) in [4.78, 5) is 25.0. The largest absolute Gasteiger partial charge is 0.444 e. The summed E-state index contributed by atoms with van der Waals surface area (Å²) < 4.78 is 5.30. The zero-order valence-electron chi connectivity index (χ0n) is 10.1. The van der Waals surface area contributed by atoms with Crippen molar-refractivity contribution in [3.05, 3.63) is 21.4 Å². The van der Waals surface area contributed by atoms with E-state index in [1.165, 1.54) is 11.3 Å². The molecule has 0 aliphatic carbocycles. The lowest BCUT2D eigenvalue weighted by atomic mass is 10.2. The zero-order valence-corrected chi connectivity index (χ0v) is 11.0. The Balaban J connectivity index is 2.07.